The number of carboxylic acid groups (broad SMARTS) is 1. The molecule has 2 rings (SSSR count). The first-order valence-corrected chi connectivity index (χ1v) is 7.36. The van der Waals surface area contributed by atoms with Gasteiger partial charge in [-0.2, -0.15) is 0 Å². The smallest absolute Gasteiger partial charge is 0.339 e. The van der Waals surface area contributed by atoms with Gasteiger partial charge in [0.25, 0.3) is 0 Å². The van der Waals surface area contributed by atoms with E-state index < -0.39 is 5.97 Å². The fourth-order valence-electron chi connectivity index (χ4n) is 2.41. The number of benzene rings is 2. The van der Waals surface area contributed by atoms with Crippen molar-refractivity contribution in [3.63, 3.8) is 0 Å². The number of ether oxygens (including phenoxy) is 4. The van der Waals surface area contributed by atoms with E-state index in [-0.39, 0.29) is 5.56 Å². The van der Waals surface area contributed by atoms with Gasteiger partial charge in [-0.15, -0.1) is 0 Å². The van der Waals surface area contributed by atoms with Crippen LogP contribution in [0.3, 0.4) is 0 Å². The second-order valence-electron chi connectivity index (χ2n) is 4.86. The Morgan fingerprint density at radius 1 is 0.917 bits per heavy atom. The molecule has 1 N–H and O–H groups in total. The van der Waals surface area contributed by atoms with Crippen molar-refractivity contribution in [1.82, 2.24) is 0 Å². The Morgan fingerprint density at radius 3 is 2.00 bits per heavy atom. The minimum atomic E-state index is -1.05. The molecule has 0 spiro atoms. The number of aromatic carboxylic acids is 1. The normalized spacial score (nSPS) is 10.2. The Kier molecular flexibility index (Phi) is 5.52. The Morgan fingerprint density at radius 2 is 1.54 bits per heavy atom. The highest BCUT2D eigenvalue weighted by Crippen LogP contribution is 2.41. The lowest BCUT2D eigenvalue weighted by atomic mass is 10.0. The lowest BCUT2D eigenvalue weighted by Gasteiger charge is -2.15. The van der Waals surface area contributed by atoms with Crippen molar-refractivity contribution in [2.24, 2.45) is 0 Å². The summed E-state index contributed by atoms with van der Waals surface area (Å²) in [4.78, 5) is 11.5. The number of methoxy groups -OCH3 is 3. The maximum Gasteiger partial charge on any atom is 0.339 e. The van der Waals surface area contributed by atoms with Crippen molar-refractivity contribution < 1.29 is 28.8 Å². The van der Waals surface area contributed by atoms with E-state index in [1.54, 1.807) is 37.3 Å². The third-order valence-corrected chi connectivity index (χ3v) is 3.51. The Balaban J connectivity index is 2.59. The average molecular weight is 332 g/mol. The number of rotatable bonds is 7. The first-order chi connectivity index (χ1) is 11.5. The van der Waals surface area contributed by atoms with Crippen LogP contribution in [-0.2, 0) is 0 Å². The minimum absolute atomic E-state index is 0.100. The first kappa shape index (κ1) is 17.5. The van der Waals surface area contributed by atoms with E-state index in [0.717, 1.165) is 5.56 Å². The zero-order chi connectivity index (χ0) is 17.7. The van der Waals surface area contributed by atoms with Crippen LogP contribution in [0.5, 0.6) is 23.0 Å². The van der Waals surface area contributed by atoms with Crippen molar-refractivity contribution in [3.8, 4) is 34.1 Å². The summed E-state index contributed by atoms with van der Waals surface area (Å²) in [6.07, 6.45) is 0. The standard InChI is InChI=1S/C18H20O6/c1-5-24-14-7-6-11(8-13(14)18(19)20)12-9-15(21-2)17(23-4)16(10-12)22-3/h6-10H,5H2,1-4H3,(H,19,20). The Bertz CT molecular complexity index is 713. The maximum absolute atomic E-state index is 11.5. The van der Waals surface area contributed by atoms with Crippen molar-refractivity contribution in [2.75, 3.05) is 27.9 Å². The molecule has 0 radical (unpaired) electrons. The zero-order valence-electron chi connectivity index (χ0n) is 14.1. The highest BCUT2D eigenvalue weighted by molar-refractivity contribution is 5.93. The van der Waals surface area contributed by atoms with E-state index in [2.05, 4.69) is 0 Å². The molecule has 0 aliphatic heterocycles. The van der Waals surface area contributed by atoms with Crippen LogP contribution in [-0.4, -0.2) is 39.0 Å². The van der Waals surface area contributed by atoms with Crippen LogP contribution in [0, 0.1) is 0 Å². The van der Waals surface area contributed by atoms with E-state index >= 15 is 0 Å². The highest BCUT2D eigenvalue weighted by atomic mass is 16.5. The molecule has 24 heavy (non-hydrogen) atoms. The fraction of sp³-hybridized carbons (Fsp3) is 0.278. The van der Waals surface area contributed by atoms with Crippen molar-refractivity contribution >= 4 is 5.97 Å². The van der Waals surface area contributed by atoms with Crippen molar-refractivity contribution in [1.29, 1.82) is 0 Å². The van der Waals surface area contributed by atoms with Crippen LogP contribution in [0.2, 0.25) is 0 Å². The molecule has 6 heteroatoms. The Labute approximate surface area is 140 Å². The summed E-state index contributed by atoms with van der Waals surface area (Å²) in [7, 11) is 4.59. The first-order valence-electron chi connectivity index (χ1n) is 7.36. The molecule has 0 atom stereocenters. The van der Waals surface area contributed by atoms with Gasteiger partial charge in [-0.1, -0.05) is 6.07 Å². The third-order valence-electron chi connectivity index (χ3n) is 3.51. The molecule has 2 aromatic rings. The topological polar surface area (TPSA) is 74.2 Å². The molecule has 0 bridgehead atoms. The monoisotopic (exact) mass is 332 g/mol. The predicted octanol–water partition coefficient (Wildman–Crippen LogP) is 3.48. The summed E-state index contributed by atoms with van der Waals surface area (Å²) >= 11 is 0. The second kappa shape index (κ2) is 7.59. The van der Waals surface area contributed by atoms with Crippen molar-refractivity contribution in [3.05, 3.63) is 35.9 Å². The summed E-state index contributed by atoms with van der Waals surface area (Å²) < 4.78 is 21.3. The van der Waals surface area contributed by atoms with Gasteiger partial charge >= 0.3 is 5.97 Å². The molecule has 0 aliphatic carbocycles. The van der Waals surface area contributed by atoms with E-state index in [0.29, 0.717) is 35.2 Å². The van der Waals surface area contributed by atoms with Gasteiger partial charge in [-0.25, -0.2) is 4.79 Å². The van der Waals surface area contributed by atoms with Gasteiger partial charge in [0.05, 0.1) is 27.9 Å². The summed E-state index contributed by atoms with van der Waals surface area (Å²) in [5.74, 6) is 0.761. The van der Waals surface area contributed by atoms with Crippen LogP contribution in [0.15, 0.2) is 30.3 Å². The number of hydrogen-bond donors (Lipinski definition) is 1. The van der Waals surface area contributed by atoms with Gasteiger partial charge in [0.15, 0.2) is 11.5 Å². The van der Waals surface area contributed by atoms with Crippen LogP contribution >= 0.6 is 0 Å². The highest BCUT2D eigenvalue weighted by Gasteiger charge is 2.17. The lowest BCUT2D eigenvalue weighted by Crippen LogP contribution is -2.03. The van der Waals surface area contributed by atoms with Gasteiger partial charge in [0.2, 0.25) is 5.75 Å². The molecular formula is C18H20O6. The number of hydrogen-bond acceptors (Lipinski definition) is 5. The molecule has 0 amide bonds. The lowest BCUT2D eigenvalue weighted by molar-refractivity contribution is 0.0692. The minimum Gasteiger partial charge on any atom is -0.493 e. The summed E-state index contributed by atoms with van der Waals surface area (Å²) in [5, 5.41) is 9.40. The molecule has 0 aliphatic rings. The Hall–Kier alpha value is -2.89. The fourth-order valence-corrected chi connectivity index (χ4v) is 2.41. The molecular weight excluding hydrogens is 312 g/mol. The molecule has 0 heterocycles. The molecule has 0 aromatic heterocycles. The van der Waals surface area contributed by atoms with E-state index in [1.807, 2.05) is 0 Å². The van der Waals surface area contributed by atoms with Crippen molar-refractivity contribution in [2.45, 2.75) is 6.92 Å². The molecule has 0 fully saturated rings. The van der Waals surface area contributed by atoms with E-state index in [4.69, 9.17) is 18.9 Å². The molecule has 0 saturated carbocycles. The maximum atomic E-state index is 11.5. The number of carboxylic acids is 1. The van der Waals surface area contributed by atoms with Gasteiger partial charge in [0, 0.05) is 0 Å². The summed E-state index contributed by atoms with van der Waals surface area (Å²) in [6.45, 7) is 2.20. The second-order valence-corrected chi connectivity index (χ2v) is 4.86. The SMILES string of the molecule is CCOc1ccc(-c2cc(OC)c(OC)c(OC)c2)cc1C(=O)O. The van der Waals surface area contributed by atoms with Crippen LogP contribution in [0.25, 0.3) is 11.1 Å². The zero-order valence-corrected chi connectivity index (χ0v) is 14.1. The molecule has 6 nitrogen and oxygen atoms in total. The average Bonchev–Trinajstić information content (AvgIpc) is 2.60. The van der Waals surface area contributed by atoms with Gasteiger partial charge in [0.1, 0.15) is 11.3 Å². The predicted molar refractivity (Wildman–Crippen MR) is 89.7 cm³/mol. The van der Waals surface area contributed by atoms with Crippen LogP contribution < -0.4 is 18.9 Å². The number of carbonyl (C=O) groups is 1. The van der Waals surface area contributed by atoms with Gasteiger partial charge < -0.3 is 24.1 Å². The van der Waals surface area contributed by atoms with Crippen LogP contribution in [0.1, 0.15) is 17.3 Å². The van der Waals surface area contributed by atoms with Gasteiger partial charge in [-0.3, -0.25) is 0 Å². The van der Waals surface area contributed by atoms with Crippen LogP contribution in [0.4, 0.5) is 0 Å². The summed E-state index contributed by atoms with van der Waals surface area (Å²) in [6, 6.07) is 8.53. The molecule has 128 valence electrons. The molecule has 0 saturated heterocycles. The van der Waals surface area contributed by atoms with Gasteiger partial charge in [-0.05, 0) is 42.3 Å². The van der Waals surface area contributed by atoms with E-state index in [1.165, 1.54) is 21.3 Å². The molecule has 0 unspecified atom stereocenters. The third kappa shape index (κ3) is 3.37. The largest absolute Gasteiger partial charge is 0.493 e. The van der Waals surface area contributed by atoms with E-state index in [9.17, 15) is 9.90 Å². The quantitative estimate of drug-likeness (QED) is 0.837. The molecule has 2 aromatic carbocycles. The summed E-state index contributed by atoms with van der Waals surface area (Å²) in [5.41, 5.74) is 1.55.